The van der Waals surface area contributed by atoms with Crippen LogP contribution in [0.15, 0.2) is 30.6 Å². The van der Waals surface area contributed by atoms with Gasteiger partial charge in [-0.3, -0.25) is 24.3 Å². The molecule has 2 aromatic heterocycles. The summed E-state index contributed by atoms with van der Waals surface area (Å²) in [6.07, 6.45) is 4.51. The Morgan fingerprint density at radius 1 is 1.21 bits per heavy atom. The number of amides is 2. The molecule has 0 bridgehead atoms. The van der Waals surface area contributed by atoms with Gasteiger partial charge >= 0.3 is 5.97 Å². The van der Waals surface area contributed by atoms with E-state index in [1.54, 1.807) is 23.4 Å². The van der Waals surface area contributed by atoms with Gasteiger partial charge in [-0.1, -0.05) is 11.6 Å². The summed E-state index contributed by atoms with van der Waals surface area (Å²) in [5.41, 5.74) is 1.03. The van der Waals surface area contributed by atoms with Crippen LogP contribution < -0.4 is 5.32 Å². The average Bonchev–Trinajstić information content (AvgIpc) is 3.27. The molecule has 2 fully saturated rings. The third-order valence-electron chi connectivity index (χ3n) is 7.93. The Morgan fingerprint density at radius 3 is 2.67 bits per heavy atom. The minimum atomic E-state index is -0.674. The first-order chi connectivity index (χ1) is 18.5. The zero-order chi connectivity index (χ0) is 27.9. The Kier molecular flexibility index (Phi) is 7.30. The van der Waals surface area contributed by atoms with Crippen molar-refractivity contribution >= 4 is 56.9 Å². The monoisotopic (exact) mass is 555 g/mol. The zero-order valence-electron chi connectivity index (χ0n) is 22.7. The number of aromatic amines is 1. The summed E-state index contributed by atoms with van der Waals surface area (Å²) in [7, 11) is 1.39. The van der Waals surface area contributed by atoms with Crippen molar-refractivity contribution in [3.63, 3.8) is 0 Å². The van der Waals surface area contributed by atoms with Crippen molar-refractivity contribution < 1.29 is 23.9 Å². The summed E-state index contributed by atoms with van der Waals surface area (Å²) >= 11 is 6.43. The number of hydrogen-bond donors (Lipinski definition) is 2. The first-order valence-corrected chi connectivity index (χ1v) is 13.5. The van der Waals surface area contributed by atoms with Crippen LogP contribution in [-0.4, -0.2) is 89.1 Å². The average molecular weight is 556 g/mol. The highest BCUT2D eigenvalue weighted by atomic mass is 35.5. The highest BCUT2D eigenvalue weighted by molar-refractivity contribution is 6.33. The normalized spacial score (nSPS) is 21.2. The number of methoxy groups -OCH3 is 1. The number of benzene rings is 1. The van der Waals surface area contributed by atoms with Crippen molar-refractivity contribution in [2.75, 3.05) is 45.2 Å². The number of aromatic nitrogens is 2. The minimum absolute atomic E-state index is 0.0723. The molecule has 2 aliphatic heterocycles. The number of nitrogens with one attached hydrogen (secondary N) is 2. The van der Waals surface area contributed by atoms with E-state index in [0.29, 0.717) is 43.2 Å². The second-order valence-corrected chi connectivity index (χ2v) is 11.8. The molecule has 3 aromatic rings. The summed E-state index contributed by atoms with van der Waals surface area (Å²) in [6, 6.07) is 4.79. The molecule has 2 saturated heterocycles. The molecule has 208 valence electrons. The lowest BCUT2D eigenvalue weighted by atomic mass is 9.80. The van der Waals surface area contributed by atoms with E-state index in [0.717, 1.165) is 21.8 Å². The number of fused-ring (bicyclic) bond motifs is 3. The molecule has 0 spiro atoms. The molecule has 2 amide bonds. The molecule has 1 aromatic carbocycles. The van der Waals surface area contributed by atoms with E-state index in [2.05, 4.69) is 15.3 Å². The molecule has 2 N–H and O–H groups in total. The third-order valence-corrected chi connectivity index (χ3v) is 8.15. The molecule has 0 aliphatic carbocycles. The lowest BCUT2D eigenvalue weighted by Crippen LogP contribution is -2.60. The fourth-order valence-electron chi connectivity index (χ4n) is 5.57. The number of pyridine rings is 1. The molecule has 11 heteroatoms. The third kappa shape index (κ3) is 5.46. The summed E-state index contributed by atoms with van der Waals surface area (Å²) in [6.45, 7) is 7.32. The summed E-state index contributed by atoms with van der Waals surface area (Å²) in [5, 5.41) is 5.35. The van der Waals surface area contributed by atoms with E-state index >= 15 is 0 Å². The largest absolute Gasteiger partial charge is 0.469 e. The predicted molar refractivity (Wildman–Crippen MR) is 149 cm³/mol. The van der Waals surface area contributed by atoms with E-state index in [9.17, 15) is 14.4 Å². The number of anilines is 1. The number of rotatable bonds is 5. The summed E-state index contributed by atoms with van der Waals surface area (Å²) in [4.78, 5) is 50.3. The van der Waals surface area contributed by atoms with E-state index in [1.165, 1.54) is 7.11 Å². The lowest BCUT2D eigenvalue weighted by molar-refractivity contribution is -0.159. The molecule has 39 heavy (non-hydrogen) atoms. The first-order valence-electron chi connectivity index (χ1n) is 13.1. The van der Waals surface area contributed by atoms with Crippen LogP contribution in [0.5, 0.6) is 0 Å². The van der Waals surface area contributed by atoms with Gasteiger partial charge in [0.25, 0.3) is 0 Å². The van der Waals surface area contributed by atoms with Crippen molar-refractivity contribution in [2.24, 2.45) is 5.41 Å². The van der Waals surface area contributed by atoms with Gasteiger partial charge in [-0.05, 0) is 51.8 Å². The van der Waals surface area contributed by atoms with Gasteiger partial charge in [-0.15, -0.1) is 0 Å². The number of H-pyrrole nitrogens is 1. The van der Waals surface area contributed by atoms with Crippen molar-refractivity contribution in [3.8, 4) is 0 Å². The second-order valence-electron chi connectivity index (χ2n) is 11.3. The molecular formula is C28H34ClN5O5. The zero-order valence-corrected chi connectivity index (χ0v) is 23.4. The molecule has 2 aliphatic rings. The van der Waals surface area contributed by atoms with Gasteiger partial charge in [0.15, 0.2) is 0 Å². The van der Waals surface area contributed by atoms with Crippen LogP contribution in [0.4, 0.5) is 5.69 Å². The second kappa shape index (κ2) is 10.4. The van der Waals surface area contributed by atoms with E-state index in [-0.39, 0.29) is 30.9 Å². The quantitative estimate of drug-likeness (QED) is 0.462. The van der Waals surface area contributed by atoms with Crippen LogP contribution in [0, 0.1) is 5.41 Å². The highest BCUT2D eigenvalue weighted by Gasteiger charge is 2.42. The molecule has 1 atom stereocenters. The first kappa shape index (κ1) is 27.4. The maximum Gasteiger partial charge on any atom is 0.311 e. The molecule has 5 rings (SSSR count). The van der Waals surface area contributed by atoms with Gasteiger partial charge in [0.1, 0.15) is 6.04 Å². The Hall–Kier alpha value is -3.21. The highest BCUT2D eigenvalue weighted by Crippen LogP contribution is 2.34. The maximum atomic E-state index is 13.6. The Labute approximate surface area is 232 Å². The van der Waals surface area contributed by atoms with E-state index in [4.69, 9.17) is 21.1 Å². The number of halogens is 1. The Balaban J connectivity index is 1.33. The van der Waals surface area contributed by atoms with Crippen LogP contribution in [-0.2, 0) is 23.9 Å². The lowest BCUT2D eigenvalue weighted by Gasteiger charge is -2.44. The molecule has 10 nitrogen and oxygen atoms in total. The van der Waals surface area contributed by atoms with Crippen LogP contribution >= 0.6 is 11.6 Å². The van der Waals surface area contributed by atoms with Crippen molar-refractivity contribution in [1.29, 1.82) is 0 Å². The van der Waals surface area contributed by atoms with Crippen molar-refractivity contribution in [1.82, 2.24) is 19.8 Å². The van der Waals surface area contributed by atoms with Gasteiger partial charge in [-0.25, -0.2) is 0 Å². The van der Waals surface area contributed by atoms with Crippen molar-refractivity contribution in [2.45, 2.75) is 45.3 Å². The maximum absolute atomic E-state index is 13.6. The van der Waals surface area contributed by atoms with Gasteiger partial charge in [0, 0.05) is 41.6 Å². The van der Waals surface area contributed by atoms with Gasteiger partial charge in [0.2, 0.25) is 11.8 Å². The number of hydrogen-bond acceptors (Lipinski definition) is 7. The number of carbonyl (C=O) groups is 3. The number of piperidine rings is 1. The van der Waals surface area contributed by atoms with E-state index in [1.807, 2.05) is 37.8 Å². The van der Waals surface area contributed by atoms with Crippen LogP contribution in [0.25, 0.3) is 21.8 Å². The smallest absolute Gasteiger partial charge is 0.311 e. The fraction of sp³-hybridized carbons (Fsp3) is 0.500. The van der Waals surface area contributed by atoms with Crippen LogP contribution in [0.1, 0.15) is 33.6 Å². The van der Waals surface area contributed by atoms with Gasteiger partial charge in [0.05, 0.1) is 54.2 Å². The van der Waals surface area contributed by atoms with Crippen molar-refractivity contribution in [3.05, 3.63) is 35.6 Å². The molecule has 0 radical (unpaired) electrons. The number of morpholine rings is 1. The van der Waals surface area contributed by atoms with Gasteiger partial charge in [-0.2, -0.15) is 0 Å². The minimum Gasteiger partial charge on any atom is -0.469 e. The number of ether oxygens (including phenoxy) is 2. The number of carbonyl (C=O) groups excluding carboxylic acids is 3. The Morgan fingerprint density at radius 2 is 1.95 bits per heavy atom. The predicted octanol–water partition coefficient (Wildman–Crippen LogP) is 3.59. The standard InChI is InChI=1S/C28H34ClN5O5/c1-27(2)16-34(14-23(35)33-9-6-28(3,7-10-33)26(37)38-4)22(15-39-27)25(36)32-20-12-17(29)11-19-18-5-8-30-13-21(18)31-24(19)20/h5,8,11-13,22,31H,6-7,9-10,14-16H2,1-4H3,(H,32,36)/t22-/m0/s1. The summed E-state index contributed by atoms with van der Waals surface area (Å²) < 4.78 is 10.9. The molecule has 0 saturated carbocycles. The van der Waals surface area contributed by atoms with Crippen LogP contribution in [0.2, 0.25) is 5.02 Å². The topological polar surface area (TPSA) is 117 Å². The summed E-state index contributed by atoms with van der Waals surface area (Å²) in [5.74, 6) is -0.608. The molecule has 4 heterocycles. The van der Waals surface area contributed by atoms with Gasteiger partial charge < -0.3 is 24.7 Å². The number of nitrogens with zero attached hydrogens (tertiary/aromatic N) is 3. The molecular weight excluding hydrogens is 522 g/mol. The molecule has 0 unspecified atom stereocenters. The number of esters is 1. The Bertz CT molecular complexity index is 1430. The fourth-order valence-corrected chi connectivity index (χ4v) is 5.79. The van der Waals surface area contributed by atoms with Crippen LogP contribution in [0.3, 0.4) is 0 Å². The van der Waals surface area contributed by atoms with E-state index < -0.39 is 17.1 Å². The number of likely N-dealkylation sites (tertiary alicyclic amines) is 1. The SMILES string of the molecule is COC(=O)C1(C)CCN(C(=O)CN2CC(C)(C)OC[C@H]2C(=O)Nc2cc(Cl)cc3c2[nH]c2cnccc23)CC1.